The third kappa shape index (κ3) is 2.51. The van der Waals surface area contributed by atoms with Gasteiger partial charge in [-0.2, -0.15) is 0 Å². The summed E-state index contributed by atoms with van der Waals surface area (Å²) in [7, 11) is 1.97. The highest BCUT2D eigenvalue weighted by atomic mass is 16.3. The van der Waals surface area contributed by atoms with Gasteiger partial charge in [0.15, 0.2) is 0 Å². The number of hydrogen-bond acceptors (Lipinski definition) is 3. The number of benzene rings is 1. The van der Waals surface area contributed by atoms with Gasteiger partial charge in [-0.25, -0.2) is 0 Å². The van der Waals surface area contributed by atoms with E-state index in [4.69, 9.17) is 0 Å². The maximum Gasteiger partial charge on any atom is 0.0610 e. The van der Waals surface area contributed by atoms with Crippen LogP contribution >= 0.6 is 0 Å². The molecule has 0 radical (unpaired) electrons. The second-order valence-corrected chi connectivity index (χ2v) is 5.46. The number of rotatable bonds is 4. The van der Waals surface area contributed by atoms with Crippen molar-refractivity contribution in [2.24, 2.45) is 0 Å². The van der Waals surface area contributed by atoms with Crippen molar-refractivity contribution in [1.82, 2.24) is 10.2 Å². The Morgan fingerprint density at radius 2 is 2.00 bits per heavy atom. The lowest BCUT2D eigenvalue weighted by Gasteiger charge is -2.33. The molecule has 0 amide bonds. The monoisotopic (exact) mass is 234 g/mol. The zero-order valence-electron chi connectivity index (χ0n) is 11.0. The normalized spacial score (nSPS) is 16.2. The van der Waals surface area contributed by atoms with Crippen LogP contribution in [0.1, 0.15) is 30.5 Å². The molecule has 0 saturated carbocycles. The van der Waals surface area contributed by atoms with Crippen LogP contribution in [0.4, 0.5) is 0 Å². The second-order valence-electron chi connectivity index (χ2n) is 5.46. The molecule has 0 aliphatic carbocycles. The summed E-state index contributed by atoms with van der Waals surface area (Å²) in [5, 5.41) is 12.6. The maximum atomic E-state index is 9.42. The van der Waals surface area contributed by atoms with Gasteiger partial charge < -0.3 is 10.4 Å². The van der Waals surface area contributed by atoms with Gasteiger partial charge >= 0.3 is 0 Å². The van der Waals surface area contributed by atoms with Crippen LogP contribution in [0.2, 0.25) is 0 Å². The molecule has 2 rings (SSSR count). The SMILES string of the molecule is CNCc1ccc2c(c1)CN(C(C)(C)CO)C2. The smallest absolute Gasteiger partial charge is 0.0610 e. The average Bonchev–Trinajstić information content (AvgIpc) is 2.73. The Labute approximate surface area is 103 Å². The molecule has 2 N–H and O–H groups in total. The molecule has 0 bridgehead atoms. The number of nitrogens with one attached hydrogen (secondary N) is 1. The lowest BCUT2D eigenvalue weighted by atomic mass is 10.1. The first-order valence-corrected chi connectivity index (χ1v) is 6.18. The molecule has 0 aromatic heterocycles. The number of nitrogens with zero attached hydrogens (tertiary/aromatic N) is 1. The van der Waals surface area contributed by atoms with E-state index in [-0.39, 0.29) is 12.1 Å². The van der Waals surface area contributed by atoms with Crippen LogP contribution in [0.15, 0.2) is 18.2 Å². The van der Waals surface area contributed by atoms with E-state index in [1.807, 2.05) is 7.05 Å². The Hall–Kier alpha value is -0.900. The highest BCUT2D eigenvalue weighted by Gasteiger charge is 2.31. The van der Waals surface area contributed by atoms with Gasteiger partial charge in [0.1, 0.15) is 0 Å². The standard InChI is InChI=1S/C14H22N2O/c1-14(2,10-17)16-8-12-5-4-11(7-15-3)6-13(12)9-16/h4-6,15,17H,7-10H2,1-3H3. The Balaban J connectivity index is 2.16. The molecule has 0 saturated heterocycles. The highest BCUT2D eigenvalue weighted by Crippen LogP contribution is 2.29. The third-order valence-electron chi connectivity index (χ3n) is 3.62. The van der Waals surface area contributed by atoms with Crippen LogP contribution in [0.25, 0.3) is 0 Å². The topological polar surface area (TPSA) is 35.5 Å². The van der Waals surface area contributed by atoms with Crippen LogP contribution < -0.4 is 5.32 Å². The molecular formula is C14H22N2O. The van der Waals surface area contributed by atoms with Crippen molar-refractivity contribution in [3.8, 4) is 0 Å². The molecule has 1 aromatic rings. The van der Waals surface area contributed by atoms with Crippen molar-refractivity contribution < 1.29 is 5.11 Å². The number of hydrogen-bond donors (Lipinski definition) is 2. The van der Waals surface area contributed by atoms with Crippen LogP contribution in [0.5, 0.6) is 0 Å². The fourth-order valence-corrected chi connectivity index (χ4v) is 2.29. The summed E-state index contributed by atoms with van der Waals surface area (Å²) < 4.78 is 0. The summed E-state index contributed by atoms with van der Waals surface area (Å²) in [6.45, 7) is 7.19. The third-order valence-corrected chi connectivity index (χ3v) is 3.62. The van der Waals surface area contributed by atoms with Gasteiger partial charge in [-0.05, 0) is 37.6 Å². The van der Waals surface area contributed by atoms with Crippen molar-refractivity contribution in [1.29, 1.82) is 0 Å². The Morgan fingerprint density at radius 1 is 1.29 bits per heavy atom. The minimum Gasteiger partial charge on any atom is -0.394 e. The molecule has 0 unspecified atom stereocenters. The largest absolute Gasteiger partial charge is 0.394 e. The Kier molecular flexibility index (Phi) is 3.52. The highest BCUT2D eigenvalue weighted by molar-refractivity contribution is 5.35. The molecule has 94 valence electrons. The molecule has 0 spiro atoms. The van der Waals surface area contributed by atoms with E-state index >= 15 is 0 Å². The van der Waals surface area contributed by atoms with Crippen LogP contribution in [0.3, 0.4) is 0 Å². The first-order valence-electron chi connectivity index (χ1n) is 6.18. The molecule has 0 atom stereocenters. The zero-order valence-corrected chi connectivity index (χ0v) is 11.0. The predicted octanol–water partition coefficient (Wildman–Crippen LogP) is 1.49. The summed E-state index contributed by atoms with van der Waals surface area (Å²) in [5.41, 5.74) is 3.99. The van der Waals surface area contributed by atoms with E-state index in [1.165, 1.54) is 16.7 Å². The Morgan fingerprint density at radius 3 is 2.65 bits per heavy atom. The fourth-order valence-electron chi connectivity index (χ4n) is 2.29. The van der Waals surface area contributed by atoms with Crippen LogP contribution in [-0.4, -0.2) is 29.2 Å². The van der Waals surface area contributed by atoms with Gasteiger partial charge in [0, 0.05) is 25.2 Å². The van der Waals surface area contributed by atoms with E-state index in [0.717, 1.165) is 19.6 Å². The molecule has 1 aromatic carbocycles. The summed E-state index contributed by atoms with van der Waals surface area (Å²) in [4.78, 5) is 2.33. The summed E-state index contributed by atoms with van der Waals surface area (Å²) >= 11 is 0. The van der Waals surface area contributed by atoms with Crippen molar-refractivity contribution in [2.75, 3.05) is 13.7 Å². The van der Waals surface area contributed by atoms with Gasteiger partial charge in [0.2, 0.25) is 0 Å². The van der Waals surface area contributed by atoms with E-state index < -0.39 is 0 Å². The molecule has 1 heterocycles. The van der Waals surface area contributed by atoms with E-state index in [9.17, 15) is 5.11 Å². The van der Waals surface area contributed by atoms with Crippen LogP contribution in [0, 0.1) is 0 Å². The zero-order chi connectivity index (χ0) is 12.5. The second kappa shape index (κ2) is 4.77. The number of fused-ring (bicyclic) bond motifs is 1. The van der Waals surface area contributed by atoms with E-state index in [0.29, 0.717) is 0 Å². The molecule has 1 aliphatic rings. The maximum absolute atomic E-state index is 9.42. The molecule has 17 heavy (non-hydrogen) atoms. The molecule has 3 heteroatoms. The quantitative estimate of drug-likeness (QED) is 0.828. The molecular weight excluding hydrogens is 212 g/mol. The van der Waals surface area contributed by atoms with E-state index in [2.05, 4.69) is 42.3 Å². The molecule has 1 aliphatic heterocycles. The average molecular weight is 234 g/mol. The minimum absolute atomic E-state index is 0.137. The Bertz CT molecular complexity index is 401. The summed E-state index contributed by atoms with van der Waals surface area (Å²) in [6, 6.07) is 6.68. The van der Waals surface area contributed by atoms with Crippen molar-refractivity contribution in [3.05, 3.63) is 34.9 Å². The van der Waals surface area contributed by atoms with Gasteiger partial charge in [-0.3, -0.25) is 4.90 Å². The van der Waals surface area contributed by atoms with E-state index in [1.54, 1.807) is 0 Å². The minimum atomic E-state index is -0.137. The van der Waals surface area contributed by atoms with Crippen molar-refractivity contribution in [2.45, 2.75) is 39.0 Å². The van der Waals surface area contributed by atoms with Crippen LogP contribution in [-0.2, 0) is 19.6 Å². The van der Waals surface area contributed by atoms with Gasteiger partial charge in [-0.15, -0.1) is 0 Å². The van der Waals surface area contributed by atoms with Gasteiger partial charge in [-0.1, -0.05) is 18.2 Å². The summed E-state index contributed by atoms with van der Waals surface area (Å²) in [6.07, 6.45) is 0. The first-order chi connectivity index (χ1) is 8.06. The molecule has 0 fully saturated rings. The van der Waals surface area contributed by atoms with Crippen molar-refractivity contribution >= 4 is 0 Å². The summed E-state index contributed by atoms with van der Waals surface area (Å²) in [5.74, 6) is 0. The predicted molar refractivity (Wildman–Crippen MR) is 69.6 cm³/mol. The van der Waals surface area contributed by atoms with Crippen molar-refractivity contribution in [3.63, 3.8) is 0 Å². The van der Waals surface area contributed by atoms with Gasteiger partial charge in [0.05, 0.1) is 6.61 Å². The lowest BCUT2D eigenvalue weighted by molar-refractivity contribution is 0.0545. The fraction of sp³-hybridized carbons (Fsp3) is 0.571. The first kappa shape index (κ1) is 12.6. The number of aliphatic hydroxyl groups is 1. The lowest BCUT2D eigenvalue weighted by Crippen LogP contribution is -2.43. The number of aliphatic hydroxyl groups excluding tert-OH is 1. The molecule has 3 nitrogen and oxygen atoms in total. The van der Waals surface area contributed by atoms with Gasteiger partial charge in [0.25, 0.3) is 0 Å².